The van der Waals surface area contributed by atoms with Crippen LogP contribution in [0.4, 0.5) is 0 Å². The van der Waals surface area contributed by atoms with Crippen LogP contribution in [0.1, 0.15) is 0 Å². The fraction of sp³-hybridized carbons (Fsp3) is 0. The van der Waals surface area contributed by atoms with Crippen molar-refractivity contribution in [1.82, 2.24) is 0 Å². The molecular weight excluding hydrogens is 325 g/mol. The Hall–Kier alpha value is 1.30. The minimum absolute atomic E-state index is 0. The van der Waals surface area contributed by atoms with Crippen LogP contribution in [-0.4, -0.2) is 0 Å². The van der Waals surface area contributed by atoms with Gasteiger partial charge in [-0.15, -0.1) is 0 Å². The molecule has 0 nitrogen and oxygen atoms in total. The first-order chi connectivity index (χ1) is 2.27. The van der Waals surface area contributed by atoms with Crippen molar-refractivity contribution < 1.29 is 21.1 Å². The molecule has 40 valence electrons. The summed E-state index contributed by atoms with van der Waals surface area (Å²) >= 11 is 14.8. The van der Waals surface area contributed by atoms with Gasteiger partial charge in [-0.25, -0.2) is 0 Å². The number of hydrogen-bond donors (Lipinski definition) is 0. The van der Waals surface area contributed by atoms with Gasteiger partial charge in [-0.1, -0.05) is 34.8 Å². The Labute approximate surface area is 65.7 Å². The summed E-state index contributed by atoms with van der Waals surface area (Å²) in [7, 11) is 0. The van der Waals surface area contributed by atoms with Crippen molar-refractivity contribution in [3.63, 3.8) is 0 Å². The Morgan fingerprint density at radius 1 is 1.33 bits per heavy atom. The zero-order chi connectivity index (χ0) is 4.28. The molecule has 0 aromatic heterocycles. The molecule has 0 fully saturated rings. The first-order valence-electron chi connectivity index (χ1n) is 0.885. The summed E-state index contributed by atoms with van der Waals surface area (Å²) in [4.78, 5) is 0. The summed E-state index contributed by atoms with van der Waals surface area (Å²) in [5.41, 5.74) is 1.09. The molecule has 0 radical (unpaired) electrons. The molecule has 0 aromatic rings. The van der Waals surface area contributed by atoms with E-state index in [1.54, 1.807) is 0 Å². The van der Waals surface area contributed by atoms with E-state index in [1.807, 2.05) is 0 Å². The second kappa shape index (κ2) is 6.30. The second-order valence-corrected chi connectivity index (χ2v) is 1.62. The molecule has 6 heavy (non-hydrogen) atoms. The maximum absolute atomic E-state index is 4.96. The van der Waals surface area contributed by atoms with Gasteiger partial charge in [0.1, 0.15) is 4.49 Å². The molecule has 0 N–H and O–H groups in total. The maximum Gasteiger partial charge on any atom is 0.118 e. The summed E-state index contributed by atoms with van der Waals surface area (Å²) in [5.74, 6) is 0. The zero-order valence-electron chi connectivity index (χ0n) is 2.53. The number of halogens is 3. The third-order valence-electron chi connectivity index (χ3n) is 0.0825. The second-order valence-electron chi connectivity index (χ2n) is 0.399. The van der Waals surface area contributed by atoms with E-state index in [9.17, 15) is 0 Å². The molecule has 0 saturated heterocycles. The monoisotopic (exact) mass is 325 g/mol. The molecule has 0 spiro atoms. The van der Waals surface area contributed by atoms with E-state index in [-0.39, 0.29) is 25.6 Å². The quantitative estimate of drug-likeness (QED) is 0.642. The normalized spacial score (nSPS) is 5.83. The SMILES string of the molecule is ClC=C(Cl)Cl.[Pt]. The van der Waals surface area contributed by atoms with Crippen molar-refractivity contribution in [2.24, 2.45) is 0 Å². The first kappa shape index (κ1) is 10.3. The van der Waals surface area contributed by atoms with Crippen LogP contribution in [0.2, 0.25) is 0 Å². The fourth-order valence-electron chi connectivity index (χ4n) is 0. The molecule has 0 aliphatic carbocycles. The van der Waals surface area contributed by atoms with E-state index in [0.29, 0.717) is 0 Å². The predicted molar refractivity (Wildman–Crippen MR) is 25.6 cm³/mol. The standard InChI is InChI=1S/C2HCl3.Pt/c3-1-2(4)5;/h1H;. The Morgan fingerprint density at radius 2 is 1.50 bits per heavy atom. The van der Waals surface area contributed by atoms with Gasteiger partial charge in [-0.2, -0.15) is 0 Å². The minimum Gasteiger partial charge on any atom is -0.0904 e. The van der Waals surface area contributed by atoms with Crippen molar-refractivity contribution >= 4 is 34.8 Å². The van der Waals surface area contributed by atoms with E-state index >= 15 is 0 Å². The molecule has 0 unspecified atom stereocenters. The van der Waals surface area contributed by atoms with Crippen molar-refractivity contribution in [2.75, 3.05) is 0 Å². The number of hydrogen-bond acceptors (Lipinski definition) is 0. The van der Waals surface area contributed by atoms with E-state index in [1.165, 1.54) is 0 Å². The van der Waals surface area contributed by atoms with Crippen molar-refractivity contribution in [1.29, 1.82) is 0 Å². The van der Waals surface area contributed by atoms with Crippen LogP contribution in [0.3, 0.4) is 0 Å². The van der Waals surface area contributed by atoms with Crippen LogP contribution in [0.5, 0.6) is 0 Å². The van der Waals surface area contributed by atoms with Crippen molar-refractivity contribution in [3.05, 3.63) is 10.0 Å². The summed E-state index contributed by atoms with van der Waals surface area (Å²) in [5, 5.41) is 0. The van der Waals surface area contributed by atoms with E-state index in [0.717, 1.165) is 5.54 Å². The van der Waals surface area contributed by atoms with Gasteiger partial charge < -0.3 is 0 Å². The molecule has 0 rings (SSSR count). The molecule has 4 heteroatoms. The van der Waals surface area contributed by atoms with Crippen molar-refractivity contribution in [3.8, 4) is 0 Å². The smallest absolute Gasteiger partial charge is 0.0904 e. The summed E-state index contributed by atoms with van der Waals surface area (Å²) in [6.07, 6.45) is 0. The van der Waals surface area contributed by atoms with Crippen LogP contribution < -0.4 is 0 Å². The summed E-state index contributed by atoms with van der Waals surface area (Å²) in [6, 6.07) is 0. The largest absolute Gasteiger partial charge is 0.118 e. The molecule has 0 atom stereocenters. The zero-order valence-corrected chi connectivity index (χ0v) is 7.07. The summed E-state index contributed by atoms with van der Waals surface area (Å²) in [6.45, 7) is 0. The summed E-state index contributed by atoms with van der Waals surface area (Å²) < 4.78 is 0.0895. The van der Waals surface area contributed by atoms with E-state index in [4.69, 9.17) is 34.8 Å². The molecule has 0 aliphatic heterocycles. The average molecular weight is 326 g/mol. The first-order valence-corrected chi connectivity index (χ1v) is 2.08. The third-order valence-corrected chi connectivity index (χ3v) is 0.742. The van der Waals surface area contributed by atoms with E-state index < -0.39 is 0 Å². The Bertz CT molecular complexity index is 46.8. The van der Waals surface area contributed by atoms with Gasteiger partial charge in [0.2, 0.25) is 0 Å². The van der Waals surface area contributed by atoms with Gasteiger partial charge in [0.25, 0.3) is 0 Å². The number of rotatable bonds is 0. The Kier molecular flexibility index (Phi) is 10.8. The maximum atomic E-state index is 4.96. The Morgan fingerprint density at radius 3 is 1.50 bits per heavy atom. The van der Waals surface area contributed by atoms with Crippen LogP contribution in [0.25, 0.3) is 0 Å². The molecule has 0 aliphatic rings. The van der Waals surface area contributed by atoms with Gasteiger partial charge in [-0.05, 0) is 0 Å². The fourth-order valence-corrected chi connectivity index (χ4v) is 0. The van der Waals surface area contributed by atoms with Gasteiger partial charge >= 0.3 is 0 Å². The van der Waals surface area contributed by atoms with Crippen LogP contribution in [0.15, 0.2) is 10.0 Å². The van der Waals surface area contributed by atoms with Gasteiger partial charge in [0, 0.05) is 26.6 Å². The van der Waals surface area contributed by atoms with Crippen LogP contribution in [-0.2, 0) is 21.1 Å². The topological polar surface area (TPSA) is 0 Å². The Balaban J connectivity index is 0. The average Bonchev–Trinajstić information content (AvgIpc) is 1.38. The molecule has 0 aromatic carbocycles. The molecule has 0 bridgehead atoms. The van der Waals surface area contributed by atoms with Crippen LogP contribution >= 0.6 is 34.8 Å². The van der Waals surface area contributed by atoms with Gasteiger partial charge in [-0.3, -0.25) is 0 Å². The molecule has 0 saturated carbocycles. The van der Waals surface area contributed by atoms with Gasteiger partial charge in [0.05, 0.1) is 0 Å². The molecule has 0 heterocycles. The van der Waals surface area contributed by atoms with Gasteiger partial charge in [0.15, 0.2) is 0 Å². The molecule has 0 amide bonds. The predicted octanol–water partition coefficient (Wildman–Crippen LogP) is 2.50. The van der Waals surface area contributed by atoms with Crippen molar-refractivity contribution in [2.45, 2.75) is 0 Å². The van der Waals surface area contributed by atoms with E-state index in [2.05, 4.69) is 0 Å². The van der Waals surface area contributed by atoms with Crippen LogP contribution in [0, 0.1) is 0 Å². The third kappa shape index (κ3) is 9.00. The minimum atomic E-state index is 0. The molecular formula is C2HCl3Pt.